The summed E-state index contributed by atoms with van der Waals surface area (Å²) in [5, 5.41) is 15.7. The molecule has 5 aliphatic rings. The summed E-state index contributed by atoms with van der Waals surface area (Å²) < 4.78 is 0. The molecule has 4 aromatic carbocycles. The van der Waals surface area contributed by atoms with Gasteiger partial charge in [0.15, 0.2) is 0 Å². The molecule has 4 aromatic rings. The predicted octanol–water partition coefficient (Wildman–Crippen LogP) is 4.76. The number of aromatic hydroxyl groups is 1. The standard InChI is InChI=1S/C44H43N5O6/c50-33-11-13-35-28(20-33)8-12-34(26-4-2-1-3-5-26)41(35)27-6-9-32(10-7-27)48-18-16-31(17-19-48)45-40(52)25-47-23-29-21-36-37(22-30(29)24-47)44(55)49(43(36)54)38-14-15-39(51)46-42(38)53/h1-7,9-11,13,20-22,31,34,38,41,50H,8,12,14-19,23-25H2,(H,45,52)(H,46,51,53)/t34-,38?,41+/m1/s1. The summed E-state index contributed by atoms with van der Waals surface area (Å²) in [4.78, 5) is 69.2. The second-order valence-corrected chi connectivity index (χ2v) is 15.6. The molecule has 0 spiro atoms. The molecular weight excluding hydrogens is 695 g/mol. The Labute approximate surface area is 319 Å². The molecule has 1 unspecified atom stereocenters. The zero-order chi connectivity index (χ0) is 37.8. The smallest absolute Gasteiger partial charge is 0.262 e. The number of phenolic OH excluding ortho intramolecular Hbond substituents is 1. The van der Waals surface area contributed by atoms with Gasteiger partial charge in [-0.25, -0.2) is 0 Å². The molecule has 0 aromatic heterocycles. The summed E-state index contributed by atoms with van der Waals surface area (Å²) in [5.41, 5.74) is 8.58. The van der Waals surface area contributed by atoms with Gasteiger partial charge in [0.1, 0.15) is 11.8 Å². The summed E-state index contributed by atoms with van der Waals surface area (Å²) in [6, 6.07) is 28.0. The van der Waals surface area contributed by atoms with E-state index in [4.69, 9.17) is 0 Å². The minimum Gasteiger partial charge on any atom is -0.508 e. The van der Waals surface area contributed by atoms with Crippen LogP contribution in [-0.4, -0.2) is 76.2 Å². The van der Waals surface area contributed by atoms with Crippen molar-refractivity contribution in [3.8, 4) is 5.75 Å². The van der Waals surface area contributed by atoms with E-state index in [9.17, 15) is 29.1 Å². The molecule has 9 rings (SSSR count). The van der Waals surface area contributed by atoms with Crippen LogP contribution in [-0.2, 0) is 33.9 Å². The summed E-state index contributed by atoms with van der Waals surface area (Å²) in [7, 11) is 0. The molecule has 4 heterocycles. The van der Waals surface area contributed by atoms with E-state index in [1.54, 1.807) is 18.2 Å². The van der Waals surface area contributed by atoms with Gasteiger partial charge in [0.05, 0.1) is 17.7 Å². The lowest BCUT2D eigenvalue weighted by atomic mass is 9.69. The van der Waals surface area contributed by atoms with E-state index in [2.05, 4.69) is 76.2 Å². The van der Waals surface area contributed by atoms with Crippen LogP contribution in [0.15, 0.2) is 84.9 Å². The Morgan fingerprint density at radius 3 is 2.11 bits per heavy atom. The van der Waals surface area contributed by atoms with Crippen LogP contribution in [0.4, 0.5) is 5.69 Å². The first kappa shape index (κ1) is 34.9. The molecule has 0 radical (unpaired) electrons. The lowest BCUT2D eigenvalue weighted by Crippen LogP contribution is -2.54. The largest absolute Gasteiger partial charge is 0.508 e. The Bertz CT molecular complexity index is 2170. The SMILES string of the molecule is O=C1CCC(N2C(=O)c3cc4c(cc3C2=O)CN(CC(=O)NC2CCN(c3ccc([C@@H]5c6ccc(O)cc6CC[C@@H]5c5ccccc5)cc3)CC2)C4)C(=O)N1. The first-order valence-corrected chi connectivity index (χ1v) is 19.3. The quantitative estimate of drug-likeness (QED) is 0.231. The summed E-state index contributed by atoms with van der Waals surface area (Å²) in [6.45, 7) is 2.83. The molecule has 3 atom stereocenters. The topological polar surface area (TPSA) is 139 Å². The fourth-order valence-corrected chi connectivity index (χ4v) is 9.48. The fraction of sp³-hybridized carbons (Fsp3) is 0.341. The van der Waals surface area contributed by atoms with Gasteiger partial charge in [-0.2, -0.15) is 0 Å². The van der Waals surface area contributed by atoms with Crippen LogP contribution >= 0.6 is 0 Å². The van der Waals surface area contributed by atoms with Crippen molar-refractivity contribution in [2.45, 2.75) is 75.5 Å². The molecular formula is C44H43N5O6. The van der Waals surface area contributed by atoms with Gasteiger partial charge in [-0.3, -0.25) is 39.1 Å². The predicted molar refractivity (Wildman–Crippen MR) is 205 cm³/mol. The highest BCUT2D eigenvalue weighted by Gasteiger charge is 2.45. The Kier molecular flexibility index (Phi) is 8.96. The number of hydrogen-bond acceptors (Lipinski definition) is 8. The van der Waals surface area contributed by atoms with Crippen LogP contribution in [0.5, 0.6) is 5.75 Å². The van der Waals surface area contributed by atoms with E-state index >= 15 is 0 Å². The third kappa shape index (κ3) is 6.56. The van der Waals surface area contributed by atoms with Gasteiger partial charge >= 0.3 is 0 Å². The van der Waals surface area contributed by atoms with E-state index in [1.807, 2.05) is 11.0 Å². The molecule has 1 aliphatic carbocycles. The van der Waals surface area contributed by atoms with Crippen LogP contribution in [0.2, 0.25) is 0 Å². The molecule has 5 amide bonds. The van der Waals surface area contributed by atoms with Crippen LogP contribution < -0.4 is 15.5 Å². The van der Waals surface area contributed by atoms with Crippen molar-refractivity contribution >= 4 is 35.2 Å². The van der Waals surface area contributed by atoms with Gasteiger partial charge in [0, 0.05) is 50.2 Å². The monoisotopic (exact) mass is 737 g/mol. The molecule has 280 valence electrons. The summed E-state index contributed by atoms with van der Waals surface area (Å²) in [6.07, 6.45) is 3.83. The minimum absolute atomic E-state index is 0.0478. The highest BCUT2D eigenvalue weighted by atomic mass is 16.3. The number of rotatable bonds is 7. The number of phenols is 1. The number of benzene rings is 4. The first-order valence-electron chi connectivity index (χ1n) is 19.3. The van der Waals surface area contributed by atoms with E-state index < -0.39 is 29.7 Å². The van der Waals surface area contributed by atoms with Crippen LogP contribution in [0, 0.1) is 0 Å². The second kappa shape index (κ2) is 14.1. The zero-order valence-electron chi connectivity index (χ0n) is 30.5. The molecule has 0 saturated carbocycles. The van der Waals surface area contributed by atoms with E-state index in [0.717, 1.165) is 54.8 Å². The number of carbonyl (C=O) groups is 5. The van der Waals surface area contributed by atoms with Gasteiger partial charge < -0.3 is 15.3 Å². The van der Waals surface area contributed by atoms with Crippen molar-refractivity contribution in [1.82, 2.24) is 20.4 Å². The average molecular weight is 738 g/mol. The highest BCUT2D eigenvalue weighted by Crippen LogP contribution is 2.47. The summed E-state index contributed by atoms with van der Waals surface area (Å²) in [5.74, 6) is -1.26. The first-order chi connectivity index (χ1) is 26.7. The third-order valence-corrected chi connectivity index (χ3v) is 12.2. The number of nitrogens with zero attached hydrogens (tertiary/aromatic N) is 3. The number of nitrogens with one attached hydrogen (secondary N) is 2. The van der Waals surface area contributed by atoms with Gasteiger partial charge in [-0.15, -0.1) is 0 Å². The summed E-state index contributed by atoms with van der Waals surface area (Å²) >= 11 is 0. The maximum Gasteiger partial charge on any atom is 0.262 e. The van der Waals surface area contributed by atoms with Crippen molar-refractivity contribution < 1.29 is 29.1 Å². The van der Waals surface area contributed by atoms with Crippen LogP contribution in [0.25, 0.3) is 0 Å². The van der Waals surface area contributed by atoms with E-state index in [0.29, 0.717) is 24.8 Å². The number of piperidine rings is 2. The number of amides is 5. The molecule has 3 N–H and O–H groups in total. The van der Waals surface area contributed by atoms with Crippen molar-refractivity contribution in [1.29, 1.82) is 0 Å². The average Bonchev–Trinajstić information content (AvgIpc) is 3.69. The molecule has 11 nitrogen and oxygen atoms in total. The number of aryl methyl sites for hydroxylation is 1. The number of fused-ring (bicyclic) bond motifs is 3. The minimum atomic E-state index is -0.997. The number of carbonyl (C=O) groups excluding carboxylic acids is 5. The Morgan fingerprint density at radius 2 is 1.44 bits per heavy atom. The lowest BCUT2D eigenvalue weighted by molar-refractivity contribution is -0.136. The Hall–Kier alpha value is -5.81. The van der Waals surface area contributed by atoms with E-state index in [1.165, 1.54) is 27.9 Å². The van der Waals surface area contributed by atoms with Gasteiger partial charge in [-0.1, -0.05) is 48.5 Å². The maximum atomic E-state index is 13.3. The second-order valence-electron chi connectivity index (χ2n) is 15.6. The van der Waals surface area contributed by atoms with Gasteiger partial charge in [0.25, 0.3) is 11.8 Å². The highest BCUT2D eigenvalue weighted by molar-refractivity contribution is 6.23. The number of imide groups is 2. The zero-order valence-corrected chi connectivity index (χ0v) is 30.5. The Balaban J connectivity index is 0.793. The maximum absolute atomic E-state index is 13.3. The van der Waals surface area contributed by atoms with Crippen molar-refractivity contribution in [3.63, 3.8) is 0 Å². The van der Waals surface area contributed by atoms with Crippen molar-refractivity contribution in [3.05, 3.63) is 129 Å². The number of anilines is 1. The Morgan fingerprint density at radius 1 is 0.745 bits per heavy atom. The van der Waals surface area contributed by atoms with Crippen molar-refractivity contribution in [2.75, 3.05) is 24.5 Å². The molecule has 11 heteroatoms. The van der Waals surface area contributed by atoms with Gasteiger partial charge in [-0.05, 0) is 108 Å². The third-order valence-electron chi connectivity index (χ3n) is 12.2. The van der Waals surface area contributed by atoms with Crippen LogP contribution in [0.1, 0.15) is 98.0 Å². The molecule has 0 bridgehead atoms. The molecule has 55 heavy (non-hydrogen) atoms. The fourth-order valence-electron chi connectivity index (χ4n) is 9.48. The van der Waals surface area contributed by atoms with Crippen LogP contribution in [0.3, 0.4) is 0 Å². The molecule has 2 saturated heterocycles. The normalized spacial score (nSPS) is 22.7. The van der Waals surface area contributed by atoms with Crippen molar-refractivity contribution in [2.24, 2.45) is 0 Å². The molecule has 4 aliphatic heterocycles. The molecule has 2 fully saturated rings. The number of hydrogen-bond donors (Lipinski definition) is 3. The lowest BCUT2D eigenvalue weighted by Gasteiger charge is -2.36. The van der Waals surface area contributed by atoms with Gasteiger partial charge in [0.2, 0.25) is 17.7 Å². The van der Waals surface area contributed by atoms with E-state index in [-0.39, 0.29) is 48.4 Å².